The van der Waals surface area contributed by atoms with Crippen molar-refractivity contribution < 1.29 is 14.6 Å². The molecule has 2 saturated heterocycles. The molecule has 2 aliphatic rings. The number of benzene rings is 1. The van der Waals surface area contributed by atoms with Gasteiger partial charge < -0.3 is 14.6 Å². The average molecular weight is 347 g/mol. The minimum absolute atomic E-state index is 0.286. The Bertz CT molecular complexity index is 498. The Morgan fingerprint density at radius 2 is 2.00 bits per heavy atom. The molecule has 1 aromatic rings. The van der Waals surface area contributed by atoms with Crippen LogP contribution in [0.15, 0.2) is 24.3 Å². The fourth-order valence-electron chi connectivity index (χ4n) is 3.95. The molecule has 140 valence electrons. The van der Waals surface area contributed by atoms with Crippen molar-refractivity contribution in [2.24, 2.45) is 11.8 Å². The molecule has 3 rings (SSSR count). The third-order valence-corrected chi connectivity index (χ3v) is 5.83. The third kappa shape index (κ3) is 5.44. The molecular formula is C21H33NO3. The summed E-state index contributed by atoms with van der Waals surface area (Å²) in [7, 11) is 0. The van der Waals surface area contributed by atoms with E-state index in [1.54, 1.807) is 0 Å². The Morgan fingerprint density at radius 1 is 1.16 bits per heavy atom. The molecule has 2 fully saturated rings. The maximum absolute atomic E-state index is 9.64. The summed E-state index contributed by atoms with van der Waals surface area (Å²) >= 11 is 0. The summed E-state index contributed by atoms with van der Waals surface area (Å²) in [5, 5.41) is 9.64. The van der Waals surface area contributed by atoms with E-state index >= 15 is 0 Å². The Hall–Kier alpha value is -1.10. The van der Waals surface area contributed by atoms with Gasteiger partial charge >= 0.3 is 0 Å². The molecule has 1 aromatic carbocycles. The van der Waals surface area contributed by atoms with Crippen molar-refractivity contribution in [1.82, 2.24) is 4.90 Å². The maximum Gasteiger partial charge on any atom is 0.119 e. The fourth-order valence-corrected chi connectivity index (χ4v) is 3.95. The van der Waals surface area contributed by atoms with E-state index in [-0.39, 0.29) is 6.61 Å². The molecule has 2 heterocycles. The van der Waals surface area contributed by atoms with Crippen LogP contribution in [0.5, 0.6) is 5.75 Å². The Morgan fingerprint density at radius 3 is 2.68 bits per heavy atom. The number of piperidine rings is 1. The van der Waals surface area contributed by atoms with Crippen LogP contribution in [0, 0.1) is 11.8 Å². The average Bonchev–Trinajstić information content (AvgIpc) is 3.19. The summed E-state index contributed by atoms with van der Waals surface area (Å²) in [5.74, 6) is 2.28. The minimum atomic E-state index is 0.286. The molecule has 0 amide bonds. The number of aliphatic hydroxyl groups excluding tert-OH is 1. The maximum atomic E-state index is 9.64. The summed E-state index contributed by atoms with van der Waals surface area (Å²) in [5.41, 5.74) is 1.34. The molecule has 0 radical (unpaired) electrons. The summed E-state index contributed by atoms with van der Waals surface area (Å²) < 4.78 is 11.3. The van der Waals surface area contributed by atoms with Gasteiger partial charge in [0.15, 0.2) is 0 Å². The third-order valence-electron chi connectivity index (χ3n) is 5.83. The predicted octanol–water partition coefficient (Wildman–Crippen LogP) is 3.13. The molecule has 4 nitrogen and oxygen atoms in total. The first-order chi connectivity index (χ1) is 12.3. The van der Waals surface area contributed by atoms with Crippen molar-refractivity contribution in [2.75, 3.05) is 39.5 Å². The molecule has 4 heteroatoms. The second kappa shape index (κ2) is 9.56. The van der Waals surface area contributed by atoms with E-state index in [0.717, 1.165) is 63.8 Å². The van der Waals surface area contributed by atoms with Crippen molar-refractivity contribution in [2.45, 2.75) is 45.1 Å². The normalized spacial score (nSPS) is 27.5. The number of likely N-dealkylation sites (tertiary alicyclic amines) is 1. The predicted molar refractivity (Wildman–Crippen MR) is 100 cm³/mol. The Labute approximate surface area is 152 Å². The summed E-state index contributed by atoms with van der Waals surface area (Å²) in [6.45, 7) is 7.18. The number of nitrogens with zero attached hydrogens (tertiary/aromatic N) is 1. The van der Waals surface area contributed by atoms with Crippen LogP contribution < -0.4 is 4.74 Å². The van der Waals surface area contributed by atoms with Gasteiger partial charge in [0.25, 0.3) is 0 Å². The van der Waals surface area contributed by atoms with E-state index in [0.29, 0.717) is 12.0 Å². The van der Waals surface area contributed by atoms with Crippen LogP contribution >= 0.6 is 0 Å². The van der Waals surface area contributed by atoms with Crippen molar-refractivity contribution in [3.63, 3.8) is 0 Å². The van der Waals surface area contributed by atoms with Crippen molar-refractivity contribution in [3.05, 3.63) is 29.8 Å². The second-order valence-electron chi connectivity index (χ2n) is 7.62. The van der Waals surface area contributed by atoms with Gasteiger partial charge in [-0.15, -0.1) is 0 Å². The first-order valence-electron chi connectivity index (χ1n) is 9.93. The van der Waals surface area contributed by atoms with Crippen molar-refractivity contribution in [3.8, 4) is 5.75 Å². The van der Waals surface area contributed by atoms with Crippen molar-refractivity contribution >= 4 is 0 Å². The van der Waals surface area contributed by atoms with E-state index in [2.05, 4.69) is 36.1 Å². The number of aliphatic hydroxyl groups is 1. The lowest BCUT2D eigenvalue weighted by Gasteiger charge is -2.38. The monoisotopic (exact) mass is 347 g/mol. The number of hydrogen-bond acceptors (Lipinski definition) is 4. The van der Waals surface area contributed by atoms with Crippen LogP contribution in [-0.4, -0.2) is 55.6 Å². The lowest BCUT2D eigenvalue weighted by atomic mass is 9.91. The van der Waals surface area contributed by atoms with E-state index in [4.69, 9.17) is 9.47 Å². The summed E-state index contributed by atoms with van der Waals surface area (Å²) in [4.78, 5) is 2.49. The fraction of sp³-hybridized carbons (Fsp3) is 0.714. The van der Waals surface area contributed by atoms with Crippen LogP contribution in [0.4, 0.5) is 0 Å². The molecular weight excluding hydrogens is 314 g/mol. The summed E-state index contributed by atoms with van der Waals surface area (Å²) in [6.07, 6.45) is 5.78. The van der Waals surface area contributed by atoms with Gasteiger partial charge in [-0.05, 0) is 49.3 Å². The molecule has 0 spiro atoms. The smallest absolute Gasteiger partial charge is 0.119 e. The number of hydrogen-bond donors (Lipinski definition) is 1. The van der Waals surface area contributed by atoms with E-state index in [9.17, 15) is 5.11 Å². The van der Waals surface area contributed by atoms with Gasteiger partial charge in [-0.1, -0.05) is 25.5 Å². The summed E-state index contributed by atoms with van der Waals surface area (Å²) in [6, 6.07) is 8.86. The highest BCUT2D eigenvalue weighted by Gasteiger charge is 2.26. The highest BCUT2D eigenvalue weighted by Crippen LogP contribution is 2.24. The highest BCUT2D eigenvalue weighted by atomic mass is 16.5. The topological polar surface area (TPSA) is 41.9 Å². The Kier molecular flexibility index (Phi) is 7.14. The quantitative estimate of drug-likeness (QED) is 0.784. The van der Waals surface area contributed by atoms with Gasteiger partial charge in [-0.25, -0.2) is 0 Å². The minimum Gasteiger partial charge on any atom is -0.493 e. The van der Waals surface area contributed by atoms with E-state index in [1.165, 1.54) is 18.4 Å². The van der Waals surface area contributed by atoms with Gasteiger partial charge in [-0.2, -0.15) is 0 Å². The van der Waals surface area contributed by atoms with Gasteiger partial charge in [0.05, 0.1) is 19.8 Å². The second-order valence-corrected chi connectivity index (χ2v) is 7.62. The lowest BCUT2D eigenvalue weighted by Crippen LogP contribution is -2.46. The van der Waals surface area contributed by atoms with Crippen LogP contribution in [0.25, 0.3) is 0 Å². The zero-order chi connectivity index (χ0) is 17.5. The molecule has 25 heavy (non-hydrogen) atoms. The molecule has 0 bridgehead atoms. The first kappa shape index (κ1) is 18.7. The van der Waals surface area contributed by atoms with Crippen LogP contribution in [0.2, 0.25) is 0 Å². The van der Waals surface area contributed by atoms with Gasteiger partial charge in [0, 0.05) is 31.7 Å². The molecule has 0 saturated carbocycles. The molecule has 1 N–H and O–H groups in total. The van der Waals surface area contributed by atoms with E-state index in [1.807, 2.05) is 0 Å². The van der Waals surface area contributed by atoms with Crippen LogP contribution in [0.3, 0.4) is 0 Å². The Balaban J connectivity index is 1.45. The molecule has 0 aromatic heterocycles. The van der Waals surface area contributed by atoms with Crippen LogP contribution in [0.1, 0.15) is 38.2 Å². The molecule has 2 aliphatic heterocycles. The van der Waals surface area contributed by atoms with Crippen LogP contribution in [-0.2, 0) is 11.2 Å². The number of rotatable bonds is 8. The largest absolute Gasteiger partial charge is 0.493 e. The van der Waals surface area contributed by atoms with Crippen molar-refractivity contribution in [1.29, 1.82) is 0 Å². The van der Waals surface area contributed by atoms with Gasteiger partial charge in [0.1, 0.15) is 5.75 Å². The SMILES string of the molecule is CC[C@@H]1CC[C@H](CO)N(CCc2ccc(OCC3CCOC3)cc2)C1. The molecule has 1 unspecified atom stereocenters. The standard InChI is InChI=1S/C21H33NO3/c1-2-17-3-6-20(14-23)22(13-17)11-9-18-4-7-21(8-5-18)25-16-19-10-12-24-15-19/h4-5,7-8,17,19-20,23H,2-3,6,9-16H2,1H3/t17-,19?,20-/m1/s1. The number of ether oxygens (including phenoxy) is 2. The van der Waals surface area contributed by atoms with Gasteiger partial charge in [0.2, 0.25) is 0 Å². The van der Waals surface area contributed by atoms with Gasteiger partial charge in [-0.3, -0.25) is 4.90 Å². The lowest BCUT2D eigenvalue weighted by molar-refractivity contribution is 0.0632. The first-order valence-corrected chi connectivity index (χ1v) is 9.93. The zero-order valence-corrected chi connectivity index (χ0v) is 15.5. The molecule has 3 atom stereocenters. The zero-order valence-electron chi connectivity index (χ0n) is 15.5. The van der Waals surface area contributed by atoms with E-state index < -0.39 is 0 Å². The molecule has 0 aliphatic carbocycles. The highest BCUT2D eigenvalue weighted by molar-refractivity contribution is 5.27.